The lowest BCUT2D eigenvalue weighted by atomic mass is 10.2. The van der Waals surface area contributed by atoms with Crippen molar-refractivity contribution in [1.82, 2.24) is 4.90 Å². The molecule has 0 spiro atoms. The highest BCUT2D eigenvalue weighted by molar-refractivity contribution is 14.1. The Morgan fingerprint density at radius 2 is 2.24 bits per heavy atom. The number of aliphatic hydroxyl groups excluding tert-OH is 1. The van der Waals surface area contributed by atoms with Gasteiger partial charge < -0.3 is 10.0 Å². The third-order valence-corrected chi connectivity index (χ3v) is 3.75. The third kappa shape index (κ3) is 4.56. The molecule has 3 nitrogen and oxygen atoms in total. The van der Waals surface area contributed by atoms with Gasteiger partial charge in [0.15, 0.2) is 0 Å². The average molecular weight is 412 g/mol. The van der Waals surface area contributed by atoms with Gasteiger partial charge in [-0.3, -0.25) is 4.79 Å². The fourth-order valence-corrected chi connectivity index (χ4v) is 2.26. The van der Waals surface area contributed by atoms with Crippen molar-refractivity contribution in [2.24, 2.45) is 0 Å². The van der Waals surface area contributed by atoms with E-state index in [9.17, 15) is 9.90 Å². The van der Waals surface area contributed by atoms with Crippen LogP contribution in [0.15, 0.2) is 22.7 Å². The highest BCUT2D eigenvalue weighted by atomic mass is 127. The molecule has 0 fully saturated rings. The number of aliphatic hydroxyl groups is 1. The van der Waals surface area contributed by atoms with Gasteiger partial charge in [0.25, 0.3) is 5.91 Å². The van der Waals surface area contributed by atoms with E-state index in [2.05, 4.69) is 38.5 Å². The summed E-state index contributed by atoms with van der Waals surface area (Å²) in [5.41, 5.74) is 0.657. The Bertz CT molecular complexity index is 409. The Balaban J connectivity index is 2.78. The van der Waals surface area contributed by atoms with Crippen LogP contribution in [0.25, 0.3) is 0 Å². The summed E-state index contributed by atoms with van der Waals surface area (Å²) in [6, 6.07) is 5.67. The molecule has 1 rings (SSSR count). The largest absolute Gasteiger partial charge is 0.393 e. The molecule has 0 aromatic heterocycles. The molecule has 0 aliphatic rings. The summed E-state index contributed by atoms with van der Waals surface area (Å²) in [6.07, 6.45) is 0.202. The lowest BCUT2D eigenvalue weighted by Crippen LogP contribution is -2.29. The number of amides is 1. The van der Waals surface area contributed by atoms with Crippen molar-refractivity contribution < 1.29 is 9.90 Å². The Hall–Kier alpha value is -0.140. The third-order valence-electron chi connectivity index (χ3n) is 2.39. The fourth-order valence-electron chi connectivity index (χ4n) is 1.35. The zero-order valence-corrected chi connectivity index (χ0v) is 13.5. The molecule has 1 amide bonds. The van der Waals surface area contributed by atoms with Crippen molar-refractivity contribution >= 4 is 44.4 Å². The Labute approximate surface area is 123 Å². The lowest BCUT2D eigenvalue weighted by Gasteiger charge is -2.18. The Morgan fingerprint density at radius 1 is 1.59 bits per heavy atom. The van der Waals surface area contributed by atoms with Crippen molar-refractivity contribution in [2.75, 3.05) is 13.6 Å². The molecule has 1 atom stereocenters. The van der Waals surface area contributed by atoms with Gasteiger partial charge in [-0.05, 0) is 70.1 Å². The summed E-state index contributed by atoms with van der Waals surface area (Å²) >= 11 is 5.56. The summed E-state index contributed by atoms with van der Waals surface area (Å²) in [5.74, 6) is -0.0314. The van der Waals surface area contributed by atoms with Crippen LogP contribution in [0.3, 0.4) is 0 Å². The van der Waals surface area contributed by atoms with Gasteiger partial charge in [0.05, 0.1) is 11.7 Å². The average Bonchev–Trinajstić information content (AvgIpc) is 2.28. The van der Waals surface area contributed by atoms with Gasteiger partial charge in [-0.25, -0.2) is 0 Å². The van der Waals surface area contributed by atoms with Crippen molar-refractivity contribution in [3.05, 3.63) is 31.8 Å². The lowest BCUT2D eigenvalue weighted by molar-refractivity contribution is 0.0768. The predicted octanol–water partition coefficient (Wildman–Crippen LogP) is 2.90. The first-order valence-corrected chi connectivity index (χ1v) is 7.17. The van der Waals surface area contributed by atoms with E-state index in [4.69, 9.17) is 0 Å². The molecule has 1 aromatic carbocycles. The van der Waals surface area contributed by atoms with Crippen LogP contribution in [0.1, 0.15) is 23.7 Å². The van der Waals surface area contributed by atoms with Gasteiger partial charge in [-0.1, -0.05) is 0 Å². The van der Waals surface area contributed by atoms with Crippen molar-refractivity contribution in [3.8, 4) is 0 Å². The second-order valence-electron chi connectivity index (χ2n) is 3.99. The van der Waals surface area contributed by atoms with E-state index in [0.29, 0.717) is 18.5 Å². The number of rotatable bonds is 4. The van der Waals surface area contributed by atoms with Gasteiger partial charge in [-0.15, -0.1) is 0 Å². The maximum absolute atomic E-state index is 12.1. The normalized spacial score (nSPS) is 12.3. The number of hydrogen-bond acceptors (Lipinski definition) is 2. The van der Waals surface area contributed by atoms with Crippen molar-refractivity contribution in [2.45, 2.75) is 19.4 Å². The van der Waals surface area contributed by atoms with Crippen LogP contribution in [-0.2, 0) is 0 Å². The monoisotopic (exact) mass is 411 g/mol. The first kappa shape index (κ1) is 14.9. The van der Waals surface area contributed by atoms with Crippen LogP contribution in [0.5, 0.6) is 0 Å². The summed E-state index contributed by atoms with van der Waals surface area (Å²) in [5, 5.41) is 9.20. The molecule has 1 aromatic rings. The number of carbonyl (C=O) groups excluding carboxylic acids is 1. The van der Waals surface area contributed by atoms with Crippen LogP contribution in [0, 0.1) is 3.57 Å². The molecule has 0 aliphatic carbocycles. The minimum Gasteiger partial charge on any atom is -0.393 e. The molecule has 0 radical (unpaired) electrons. The Morgan fingerprint density at radius 3 is 2.82 bits per heavy atom. The van der Waals surface area contributed by atoms with Gasteiger partial charge in [0.2, 0.25) is 0 Å². The molecule has 0 saturated heterocycles. The van der Waals surface area contributed by atoms with Gasteiger partial charge in [0.1, 0.15) is 0 Å². The molecule has 0 bridgehead atoms. The molecule has 1 N–H and O–H groups in total. The molecule has 94 valence electrons. The summed E-state index contributed by atoms with van der Waals surface area (Å²) in [7, 11) is 1.75. The molecular weight excluding hydrogens is 397 g/mol. The van der Waals surface area contributed by atoms with Gasteiger partial charge in [0, 0.05) is 21.6 Å². The zero-order chi connectivity index (χ0) is 13.0. The molecule has 17 heavy (non-hydrogen) atoms. The Kier molecular flexibility index (Phi) is 5.88. The van der Waals surface area contributed by atoms with E-state index in [1.807, 2.05) is 18.2 Å². The van der Waals surface area contributed by atoms with E-state index in [1.54, 1.807) is 18.9 Å². The van der Waals surface area contributed by atoms with Crippen molar-refractivity contribution in [1.29, 1.82) is 0 Å². The highest BCUT2D eigenvalue weighted by Crippen LogP contribution is 2.20. The van der Waals surface area contributed by atoms with Crippen LogP contribution in [0.4, 0.5) is 0 Å². The first-order valence-electron chi connectivity index (χ1n) is 5.30. The number of benzene rings is 1. The van der Waals surface area contributed by atoms with Crippen LogP contribution in [0.2, 0.25) is 0 Å². The van der Waals surface area contributed by atoms with E-state index < -0.39 is 0 Å². The summed E-state index contributed by atoms with van der Waals surface area (Å²) in [6.45, 7) is 2.27. The second-order valence-corrected chi connectivity index (χ2v) is 6.09. The van der Waals surface area contributed by atoms with Crippen LogP contribution in [-0.4, -0.2) is 35.6 Å². The van der Waals surface area contributed by atoms with Crippen LogP contribution < -0.4 is 0 Å². The molecule has 5 heteroatoms. The predicted molar refractivity (Wildman–Crippen MR) is 80.1 cm³/mol. The topological polar surface area (TPSA) is 40.5 Å². The standard InChI is InChI=1S/C12H15BrINO2/c1-8(16)5-6-15(2)12(17)10-7-9(14)3-4-11(10)13/h3-4,7-8,16H,5-6H2,1-2H3. The smallest absolute Gasteiger partial charge is 0.254 e. The number of hydrogen-bond donors (Lipinski definition) is 1. The quantitative estimate of drug-likeness (QED) is 0.774. The van der Waals surface area contributed by atoms with Crippen LogP contribution >= 0.6 is 38.5 Å². The number of nitrogens with zero attached hydrogens (tertiary/aromatic N) is 1. The molecule has 0 aliphatic heterocycles. The zero-order valence-electron chi connectivity index (χ0n) is 9.78. The number of halogens is 2. The van der Waals surface area contributed by atoms with Crippen molar-refractivity contribution in [3.63, 3.8) is 0 Å². The fraction of sp³-hybridized carbons (Fsp3) is 0.417. The van der Waals surface area contributed by atoms with Gasteiger partial charge in [-0.2, -0.15) is 0 Å². The first-order chi connectivity index (χ1) is 7.91. The van der Waals surface area contributed by atoms with E-state index in [-0.39, 0.29) is 12.0 Å². The van der Waals surface area contributed by atoms with Gasteiger partial charge >= 0.3 is 0 Å². The molecule has 0 saturated carbocycles. The van der Waals surface area contributed by atoms with E-state index in [1.165, 1.54) is 0 Å². The number of carbonyl (C=O) groups is 1. The SMILES string of the molecule is CC(O)CCN(C)C(=O)c1cc(I)ccc1Br. The minimum atomic E-state index is -0.385. The van der Waals surface area contributed by atoms with E-state index in [0.717, 1.165) is 8.04 Å². The highest BCUT2D eigenvalue weighted by Gasteiger charge is 2.15. The minimum absolute atomic E-state index is 0.0314. The maximum atomic E-state index is 12.1. The maximum Gasteiger partial charge on any atom is 0.254 e. The van der Waals surface area contributed by atoms with E-state index >= 15 is 0 Å². The summed E-state index contributed by atoms with van der Waals surface area (Å²) in [4.78, 5) is 13.8. The molecule has 1 unspecified atom stereocenters. The summed E-state index contributed by atoms with van der Waals surface area (Å²) < 4.78 is 1.82. The molecule has 0 heterocycles. The second kappa shape index (κ2) is 6.70. The molecular formula is C12H15BrINO2.